The van der Waals surface area contributed by atoms with Gasteiger partial charge in [0.05, 0.1) is 15.0 Å². The molecule has 0 aliphatic carbocycles. The van der Waals surface area contributed by atoms with Crippen LogP contribution in [0.4, 0.5) is 18.9 Å². The maximum absolute atomic E-state index is 12.3. The topological polar surface area (TPSA) is 66.9 Å². The van der Waals surface area contributed by atoms with Gasteiger partial charge >= 0.3 is 11.9 Å². The lowest BCUT2D eigenvalue weighted by atomic mass is 10.1. The second-order valence-corrected chi connectivity index (χ2v) is 3.58. The van der Waals surface area contributed by atoms with Crippen LogP contribution in [0.1, 0.15) is 11.1 Å². The monoisotopic (exact) mass is 294 g/mol. The highest BCUT2D eigenvalue weighted by Gasteiger charge is 2.34. The minimum absolute atomic E-state index is 0.371. The molecule has 0 saturated heterocycles. The summed E-state index contributed by atoms with van der Waals surface area (Å²) in [5.74, 6) is 0. The van der Waals surface area contributed by atoms with Crippen LogP contribution in [-0.2, 0) is 6.18 Å². The highest BCUT2D eigenvalue weighted by Crippen LogP contribution is 2.37. The fraction of sp³-hybridized carbons (Fsp3) is 0.125. The van der Waals surface area contributed by atoms with Gasteiger partial charge in [-0.1, -0.05) is 0 Å². The summed E-state index contributed by atoms with van der Waals surface area (Å²) in [6.07, 6.45) is -4.65. The molecule has 1 aromatic carbocycles. The van der Waals surface area contributed by atoms with Gasteiger partial charge in [0.1, 0.15) is 11.6 Å². The van der Waals surface area contributed by atoms with Crippen molar-refractivity contribution in [3.63, 3.8) is 0 Å². The molecule has 0 fully saturated rings. The second kappa shape index (κ2) is 4.09. The molecule has 0 heterocycles. The Morgan fingerprint density at radius 1 is 1.44 bits per heavy atom. The largest absolute Gasteiger partial charge is 0.416 e. The Morgan fingerprint density at radius 3 is 2.38 bits per heavy atom. The molecule has 0 aliphatic rings. The number of halogens is 4. The van der Waals surface area contributed by atoms with Crippen molar-refractivity contribution in [2.45, 2.75) is 6.18 Å². The van der Waals surface area contributed by atoms with Crippen molar-refractivity contribution >= 4 is 21.6 Å². The highest BCUT2D eigenvalue weighted by molar-refractivity contribution is 9.10. The minimum Gasteiger partial charge on any atom is -0.258 e. The first-order valence-electron chi connectivity index (χ1n) is 3.72. The van der Waals surface area contributed by atoms with Crippen LogP contribution < -0.4 is 0 Å². The minimum atomic E-state index is -4.65. The van der Waals surface area contributed by atoms with E-state index in [-0.39, 0.29) is 4.47 Å². The van der Waals surface area contributed by atoms with E-state index in [0.717, 1.165) is 0 Å². The maximum Gasteiger partial charge on any atom is 0.416 e. The lowest BCUT2D eigenvalue weighted by Gasteiger charge is -2.07. The van der Waals surface area contributed by atoms with Gasteiger partial charge in [0, 0.05) is 0 Å². The Bertz CT molecular complexity index is 493. The van der Waals surface area contributed by atoms with Gasteiger partial charge in [0.25, 0.3) is 0 Å². The van der Waals surface area contributed by atoms with Crippen LogP contribution in [-0.4, -0.2) is 4.92 Å². The Balaban J connectivity index is 3.52. The number of benzene rings is 1. The summed E-state index contributed by atoms with van der Waals surface area (Å²) in [5.41, 5.74) is -2.41. The molecule has 0 saturated carbocycles. The van der Waals surface area contributed by atoms with Gasteiger partial charge in [-0.25, -0.2) is 0 Å². The number of nitro benzene ring substituents is 1. The molecule has 0 amide bonds. The normalized spacial score (nSPS) is 10.9. The third-order valence-electron chi connectivity index (χ3n) is 1.69. The summed E-state index contributed by atoms with van der Waals surface area (Å²) in [7, 11) is 0. The predicted molar refractivity (Wildman–Crippen MR) is 50.5 cm³/mol. The van der Waals surface area contributed by atoms with Crippen LogP contribution >= 0.6 is 15.9 Å². The van der Waals surface area contributed by atoms with E-state index in [9.17, 15) is 23.3 Å². The number of hydrogen-bond acceptors (Lipinski definition) is 3. The predicted octanol–water partition coefficient (Wildman–Crippen LogP) is 3.25. The highest BCUT2D eigenvalue weighted by atomic mass is 79.9. The van der Waals surface area contributed by atoms with Gasteiger partial charge in [0.15, 0.2) is 0 Å². The molecule has 0 unspecified atom stereocenters. The summed E-state index contributed by atoms with van der Waals surface area (Å²) in [6, 6.07) is 2.37. The summed E-state index contributed by atoms with van der Waals surface area (Å²) in [4.78, 5) is 9.59. The first-order valence-corrected chi connectivity index (χ1v) is 4.52. The third kappa shape index (κ3) is 2.30. The summed E-state index contributed by atoms with van der Waals surface area (Å²) >= 11 is 2.64. The Hall–Kier alpha value is -1.62. The molecule has 84 valence electrons. The van der Waals surface area contributed by atoms with Gasteiger partial charge in [-0.3, -0.25) is 10.1 Å². The molecule has 0 spiro atoms. The molecular weight excluding hydrogens is 293 g/mol. The fourth-order valence-corrected chi connectivity index (χ4v) is 1.64. The first kappa shape index (κ1) is 12.4. The molecule has 8 heteroatoms. The van der Waals surface area contributed by atoms with Gasteiger partial charge in [0.2, 0.25) is 0 Å². The second-order valence-electron chi connectivity index (χ2n) is 2.72. The number of alkyl halides is 3. The van der Waals surface area contributed by atoms with Gasteiger partial charge < -0.3 is 0 Å². The number of rotatable bonds is 1. The number of hydrogen-bond donors (Lipinski definition) is 0. The van der Waals surface area contributed by atoms with E-state index >= 15 is 0 Å². The van der Waals surface area contributed by atoms with Crippen molar-refractivity contribution in [2.24, 2.45) is 0 Å². The average Bonchev–Trinajstić information content (AvgIpc) is 2.14. The molecule has 4 nitrogen and oxygen atoms in total. The zero-order chi connectivity index (χ0) is 12.5. The van der Waals surface area contributed by atoms with E-state index in [0.29, 0.717) is 12.1 Å². The van der Waals surface area contributed by atoms with Crippen molar-refractivity contribution in [1.29, 1.82) is 5.26 Å². The maximum atomic E-state index is 12.3. The van der Waals surface area contributed by atoms with Crippen LogP contribution in [0.3, 0.4) is 0 Å². The zero-order valence-electron chi connectivity index (χ0n) is 7.38. The first-order chi connectivity index (χ1) is 7.27. The van der Waals surface area contributed by atoms with E-state index in [4.69, 9.17) is 5.26 Å². The molecule has 0 bridgehead atoms. The van der Waals surface area contributed by atoms with Crippen molar-refractivity contribution in [1.82, 2.24) is 0 Å². The lowest BCUT2D eigenvalue weighted by Crippen LogP contribution is -2.06. The van der Waals surface area contributed by atoms with Crippen LogP contribution in [0.5, 0.6) is 0 Å². The van der Waals surface area contributed by atoms with Gasteiger partial charge in [-0.05, 0) is 28.1 Å². The van der Waals surface area contributed by atoms with Crippen molar-refractivity contribution in [3.8, 4) is 6.07 Å². The van der Waals surface area contributed by atoms with E-state index in [2.05, 4.69) is 15.9 Å². The zero-order valence-corrected chi connectivity index (χ0v) is 8.96. The SMILES string of the molecule is N#Cc1cc(C(F)(F)F)cc(Br)c1[N+](=O)[O-]. The molecule has 16 heavy (non-hydrogen) atoms. The third-order valence-corrected chi connectivity index (χ3v) is 2.30. The van der Waals surface area contributed by atoms with Crippen LogP contribution in [0.15, 0.2) is 16.6 Å². The molecular formula is C8H2BrF3N2O2. The molecule has 0 atom stereocenters. The van der Waals surface area contributed by atoms with Gasteiger partial charge in [-0.2, -0.15) is 18.4 Å². The van der Waals surface area contributed by atoms with Gasteiger partial charge in [-0.15, -0.1) is 0 Å². The molecule has 0 radical (unpaired) electrons. The molecule has 0 N–H and O–H groups in total. The van der Waals surface area contributed by atoms with E-state index in [1.54, 1.807) is 0 Å². The van der Waals surface area contributed by atoms with Crippen molar-refractivity contribution in [2.75, 3.05) is 0 Å². The van der Waals surface area contributed by atoms with E-state index in [1.165, 1.54) is 6.07 Å². The Labute approximate surface area is 95.6 Å². The standard InChI is InChI=1S/C8H2BrF3N2O2/c9-6-2-5(8(10,11)12)1-4(3-13)7(6)14(15)16/h1-2H. The van der Waals surface area contributed by atoms with Crippen LogP contribution in [0.25, 0.3) is 0 Å². The van der Waals surface area contributed by atoms with Crippen LogP contribution in [0.2, 0.25) is 0 Å². The van der Waals surface area contributed by atoms with Crippen molar-refractivity contribution < 1.29 is 18.1 Å². The fourth-order valence-electron chi connectivity index (χ4n) is 1.03. The summed E-state index contributed by atoms with van der Waals surface area (Å²) in [6.45, 7) is 0. The molecule has 1 rings (SSSR count). The molecule has 0 aliphatic heterocycles. The average molecular weight is 295 g/mol. The van der Waals surface area contributed by atoms with E-state index in [1.807, 2.05) is 0 Å². The quantitative estimate of drug-likeness (QED) is 0.590. The van der Waals surface area contributed by atoms with Crippen molar-refractivity contribution in [3.05, 3.63) is 37.8 Å². The molecule has 0 aromatic heterocycles. The lowest BCUT2D eigenvalue weighted by molar-refractivity contribution is -0.386. The smallest absolute Gasteiger partial charge is 0.258 e. The summed E-state index contributed by atoms with van der Waals surface area (Å²) < 4.78 is 36.6. The summed E-state index contributed by atoms with van der Waals surface area (Å²) in [5, 5.41) is 19.0. The number of nitriles is 1. The van der Waals surface area contributed by atoms with Crippen LogP contribution in [0, 0.1) is 21.4 Å². The van der Waals surface area contributed by atoms with E-state index < -0.39 is 27.9 Å². The number of nitrogens with zero attached hydrogens (tertiary/aromatic N) is 2. The Morgan fingerprint density at radius 2 is 2.00 bits per heavy atom. The molecule has 1 aromatic rings. The Kier molecular flexibility index (Phi) is 3.19. The number of nitro groups is 1.